The molecular weight excluding hydrogens is 641 g/mol. The molecule has 1 aliphatic rings. The van der Waals surface area contributed by atoms with E-state index in [2.05, 4.69) is 191 Å². The van der Waals surface area contributed by atoms with Gasteiger partial charge in [0.05, 0.1) is 33.4 Å². The van der Waals surface area contributed by atoms with E-state index in [1.54, 1.807) is 0 Å². The summed E-state index contributed by atoms with van der Waals surface area (Å²) in [6.45, 7) is 0. The summed E-state index contributed by atoms with van der Waals surface area (Å²) in [5, 5.41) is 10.1. The summed E-state index contributed by atoms with van der Waals surface area (Å²) >= 11 is 0. The molecule has 9 aromatic carbocycles. The molecule has 2 heterocycles. The number of rotatable bonds is 3. The van der Waals surface area contributed by atoms with Gasteiger partial charge < -0.3 is 9.13 Å². The van der Waals surface area contributed by atoms with E-state index >= 15 is 0 Å². The van der Waals surface area contributed by atoms with E-state index in [0.29, 0.717) is 0 Å². The molecule has 0 unspecified atom stereocenters. The highest BCUT2D eigenvalue weighted by Crippen LogP contribution is 2.44. The first kappa shape index (κ1) is 28.8. The quantitative estimate of drug-likeness (QED) is 0.177. The minimum absolute atomic E-state index is 0.968. The molecule has 53 heavy (non-hydrogen) atoms. The van der Waals surface area contributed by atoms with E-state index in [1.807, 2.05) is 0 Å². The molecule has 0 fully saturated rings. The van der Waals surface area contributed by atoms with Crippen molar-refractivity contribution in [3.8, 4) is 33.6 Å². The second kappa shape index (κ2) is 10.8. The van der Waals surface area contributed by atoms with E-state index in [-0.39, 0.29) is 0 Å². The van der Waals surface area contributed by atoms with E-state index in [1.165, 1.54) is 110 Å². The third-order valence-electron chi connectivity index (χ3n) is 11.7. The number of nitrogens with zero attached hydrogens (tertiary/aromatic N) is 2. The van der Waals surface area contributed by atoms with Crippen LogP contribution in [0.2, 0.25) is 0 Å². The van der Waals surface area contributed by atoms with Crippen molar-refractivity contribution in [1.82, 2.24) is 9.13 Å². The minimum Gasteiger partial charge on any atom is -0.309 e. The zero-order chi connectivity index (χ0) is 34.6. The van der Waals surface area contributed by atoms with Crippen LogP contribution in [-0.2, 0) is 6.42 Å². The van der Waals surface area contributed by atoms with Crippen LogP contribution in [0.4, 0.5) is 0 Å². The number of aromatic nitrogens is 2. The van der Waals surface area contributed by atoms with Gasteiger partial charge in [0.1, 0.15) is 0 Å². The highest BCUT2D eigenvalue weighted by molar-refractivity contribution is 6.15. The molecule has 246 valence electrons. The average molecular weight is 673 g/mol. The lowest BCUT2D eigenvalue weighted by Gasteiger charge is -2.12. The number of para-hydroxylation sites is 1. The normalized spacial score (nSPS) is 12.5. The molecule has 1 aliphatic carbocycles. The second-order valence-electron chi connectivity index (χ2n) is 14.5. The Kier molecular flexibility index (Phi) is 5.86. The first-order chi connectivity index (χ1) is 26.3. The molecule has 2 aromatic heterocycles. The van der Waals surface area contributed by atoms with Gasteiger partial charge >= 0.3 is 0 Å². The van der Waals surface area contributed by atoms with Crippen LogP contribution >= 0.6 is 0 Å². The monoisotopic (exact) mass is 672 g/mol. The standard InChI is InChI=1S/C51H32N2/c1-5-17-39-32(11-1)14-9-21-46(39)52-48-20-8-7-19-41(48)43-28-34(23-25-49(43)52)35-24-26-50-44(29-35)45-31-42-37(27-36-13-3-4-16-38(36)42)30-51(45)53(50)47-22-10-15-33-12-2-6-18-40(33)47/h1-26,28-31H,27H2. The van der Waals surface area contributed by atoms with Gasteiger partial charge in [0, 0.05) is 32.3 Å². The lowest BCUT2D eigenvalue weighted by atomic mass is 9.99. The topological polar surface area (TPSA) is 9.86 Å². The molecule has 11 aromatic rings. The Morgan fingerprint density at radius 3 is 1.51 bits per heavy atom. The third kappa shape index (κ3) is 4.09. The third-order valence-corrected chi connectivity index (χ3v) is 11.7. The van der Waals surface area contributed by atoms with Crippen molar-refractivity contribution in [3.05, 3.63) is 193 Å². The molecule has 2 nitrogen and oxygen atoms in total. The number of benzene rings is 9. The fourth-order valence-electron chi connectivity index (χ4n) is 9.31. The predicted octanol–water partition coefficient (Wildman–Crippen LogP) is 13.4. The summed E-state index contributed by atoms with van der Waals surface area (Å²) in [5.41, 5.74) is 15.3. The summed E-state index contributed by atoms with van der Waals surface area (Å²) < 4.78 is 4.94. The van der Waals surface area contributed by atoms with Gasteiger partial charge in [-0.2, -0.15) is 0 Å². The maximum Gasteiger partial charge on any atom is 0.0544 e. The van der Waals surface area contributed by atoms with Crippen LogP contribution in [0.15, 0.2) is 182 Å². The molecule has 12 rings (SSSR count). The average Bonchev–Trinajstić information content (AvgIpc) is 3.86. The summed E-state index contributed by atoms with van der Waals surface area (Å²) in [6, 6.07) is 67.5. The summed E-state index contributed by atoms with van der Waals surface area (Å²) in [5.74, 6) is 0. The number of hydrogen-bond donors (Lipinski definition) is 0. The summed E-state index contributed by atoms with van der Waals surface area (Å²) in [7, 11) is 0. The van der Waals surface area contributed by atoms with Crippen LogP contribution < -0.4 is 0 Å². The van der Waals surface area contributed by atoms with Crippen LogP contribution in [0.3, 0.4) is 0 Å². The van der Waals surface area contributed by atoms with Crippen molar-refractivity contribution in [3.63, 3.8) is 0 Å². The molecule has 0 saturated heterocycles. The molecule has 0 amide bonds. The zero-order valence-corrected chi connectivity index (χ0v) is 28.9. The van der Waals surface area contributed by atoms with E-state index < -0.39 is 0 Å². The Bertz CT molecular complexity index is 3310. The lowest BCUT2D eigenvalue weighted by molar-refractivity contribution is 1.19. The SMILES string of the molecule is c1ccc2c(c1)Cc1cc3c(cc1-2)c1cc(-c2ccc4c(c2)c2ccccc2n4-c2cccc4ccccc24)ccc1n3-c1cccc2ccccc12. The Morgan fingerprint density at radius 2 is 0.811 bits per heavy atom. The maximum absolute atomic E-state index is 2.50. The molecule has 0 spiro atoms. The summed E-state index contributed by atoms with van der Waals surface area (Å²) in [4.78, 5) is 0. The molecule has 2 heteroatoms. The van der Waals surface area contributed by atoms with Crippen molar-refractivity contribution >= 4 is 65.2 Å². The Hall–Kier alpha value is -6.90. The van der Waals surface area contributed by atoms with Crippen LogP contribution in [0.25, 0.3) is 98.8 Å². The van der Waals surface area contributed by atoms with Gasteiger partial charge in [-0.3, -0.25) is 0 Å². The highest BCUT2D eigenvalue weighted by atomic mass is 15.0. The Morgan fingerprint density at radius 1 is 0.302 bits per heavy atom. The first-order valence-electron chi connectivity index (χ1n) is 18.5. The fourth-order valence-corrected chi connectivity index (χ4v) is 9.31. The van der Waals surface area contributed by atoms with Crippen molar-refractivity contribution in [2.45, 2.75) is 6.42 Å². The molecular formula is C51H32N2. The summed E-state index contributed by atoms with van der Waals surface area (Å²) in [6.07, 6.45) is 0.968. The van der Waals surface area contributed by atoms with E-state index in [0.717, 1.165) is 6.42 Å². The van der Waals surface area contributed by atoms with Crippen LogP contribution in [-0.4, -0.2) is 9.13 Å². The molecule has 0 atom stereocenters. The van der Waals surface area contributed by atoms with Crippen LogP contribution in [0.1, 0.15) is 11.1 Å². The van der Waals surface area contributed by atoms with Crippen molar-refractivity contribution in [2.75, 3.05) is 0 Å². The number of fused-ring (bicyclic) bond motifs is 11. The van der Waals surface area contributed by atoms with Gasteiger partial charge in [-0.15, -0.1) is 0 Å². The van der Waals surface area contributed by atoms with Crippen molar-refractivity contribution < 1.29 is 0 Å². The van der Waals surface area contributed by atoms with Crippen molar-refractivity contribution in [2.24, 2.45) is 0 Å². The largest absolute Gasteiger partial charge is 0.309 e. The first-order valence-corrected chi connectivity index (χ1v) is 18.5. The zero-order valence-electron chi connectivity index (χ0n) is 28.9. The Balaban J connectivity index is 1.11. The smallest absolute Gasteiger partial charge is 0.0544 e. The van der Waals surface area contributed by atoms with Crippen molar-refractivity contribution in [1.29, 1.82) is 0 Å². The predicted molar refractivity (Wildman–Crippen MR) is 224 cm³/mol. The van der Waals surface area contributed by atoms with Crippen LogP contribution in [0, 0.1) is 0 Å². The lowest BCUT2D eigenvalue weighted by Crippen LogP contribution is -1.96. The maximum atomic E-state index is 2.50. The molecule has 0 saturated carbocycles. The van der Waals surface area contributed by atoms with Gasteiger partial charge in [-0.25, -0.2) is 0 Å². The molecule has 0 bridgehead atoms. The van der Waals surface area contributed by atoms with Gasteiger partial charge in [-0.05, 0) is 105 Å². The molecule has 0 N–H and O–H groups in total. The van der Waals surface area contributed by atoms with Crippen LogP contribution in [0.5, 0.6) is 0 Å². The fraction of sp³-hybridized carbons (Fsp3) is 0.0196. The van der Waals surface area contributed by atoms with Gasteiger partial charge in [0.15, 0.2) is 0 Å². The van der Waals surface area contributed by atoms with Gasteiger partial charge in [-0.1, -0.05) is 127 Å². The molecule has 0 radical (unpaired) electrons. The van der Waals surface area contributed by atoms with E-state index in [4.69, 9.17) is 0 Å². The van der Waals surface area contributed by atoms with E-state index in [9.17, 15) is 0 Å². The second-order valence-corrected chi connectivity index (χ2v) is 14.5. The highest BCUT2D eigenvalue weighted by Gasteiger charge is 2.23. The molecule has 0 aliphatic heterocycles. The van der Waals surface area contributed by atoms with Gasteiger partial charge in [0.25, 0.3) is 0 Å². The van der Waals surface area contributed by atoms with Gasteiger partial charge in [0.2, 0.25) is 0 Å². The minimum atomic E-state index is 0.968. The number of hydrogen-bond acceptors (Lipinski definition) is 0. The Labute approximate surface area is 306 Å².